The van der Waals surface area contributed by atoms with E-state index in [1.165, 1.54) is 0 Å². The lowest BCUT2D eigenvalue weighted by Crippen LogP contribution is -2.29. The lowest BCUT2D eigenvalue weighted by molar-refractivity contribution is 0.0696. The second kappa shape index (κ2) is 8.53. The first-order valence-corrected chi connectivity index (χ1v) is 7.31. The number of hydrogen-bond donors (Lipinski definition) is 2. The van der Waals surface area contributed by atoms with Crippen molar-refractivity contribution < 1.29 is 9.90 Å². The molecule has 112 valence electrons. The zero-order valence-electron chi connectivity index (χ0n) is 12.6. The van der Waals surface area contributed by atoms with Gasteiger partial charge in [-0.1, -0.05) is 20.8 Å². The van der Waals surface area contributed by atoms with E-state index in [9.17, 15) is 4.79 Å². The minimum Gasteiger partial charge on any atom is -0.478 e. The first-order valence-electron chi connectivity index (χ1n) is 7.31. The number of carboxylic acid groups (broad SMARTS) is 1. The molecule has 0 radical (unpaired) electrons. The predicted octanol–water partition coefficient (Wildman–Crippen LogP) is 2.49. The van der Waals surface area contributed by atoms with Crippen molar-refractivity contribution in [2.45, 2.75) is 33.6 Å². The molecular formula is C15H25N3O2. The second-order valence-electron chi connectivity index (χ2n) is 4.75. The third-order valence-electron chi connectivity index (χ3n) is 3.21. The Morgan fingerprint density at radius 2 is 2.05 bits per heavy atom. The topological polar surface area (TPSA) is 65.5 Å². The van der Waals surface area contributed by atoms with Crippen molar-refractivity contribution >= 4 is 11.8 Å². The quantitative estimate of drug-likeness (QED) is 0.727. The first-order chi connectivity index (χ1) is 9.60. The number of carbonyl (C=O) groups is 1. The number of nitrogens with one attached hydrogen (secondary N) is 1. The van der Waals surface area contributed by atoms with E-state index >= 15 is 0 Å². The highest BCUT2D eigenvalue weighted by Gasteiger charge is 2.08. The van der Waals surface area contributed by atoms with E-state index < -0.39 is 5.97 Å². The van der Waals surface area contributed by atoms with Crippen LogP contribution in [-0.4, -0.2) is 47.1 Å². The fourth-order valence-corrected chi connectivity index (χ4v) is 2.07. The minimum absolute atomic E-state index is 0.292. The van der Waals surface area contributed by atoms with Gasteiger partial charge in [0.15, 0.2) is 0 Å². The Hall–Kier alpha value is -1.62. The number of anilines is 1. The summed E-state index contributed by atoms with van der Waals surface area (Å²) in [7, 11) is 0. The zero-order chi connectivity index (χ0) is 15.0. The fourth-order valence-electron chi connectivity index (χ4n) is 2.07. The Bertz CT molecular complexity index is 435. The fraction of sp³-hybridized carbons (Fsp3) is 0.600. The Labute approximate surface area is 121 Å². The van der Waals surface area contributed by atoms with Gasteiger partial charge in [-0.15, -0.1) is 0 Å². The first kappa shape index (κ1) is 16.4. The van der Waals surface area contributed by atoms with Crippen LogP contribution in [0.5, 0.6) is 0 Å². The van der Waals surface area contributed by atoms with E-state index in [1.807, 2.05) is 6.92 Å². The zero-order valence-corrected chi connectivity index (χ0v) is 12.6. The van der Waals surface area contributed by atoms with E-state index in [2.05, 4.69) is 29.0 Å². The number of aromatic nitrogens is 1. The van der Waals surface area contributed by atoms with Crippen LogP contribution in [0.15, 0.2) is 12.1 Å². The largest absolute Gasteiger partial charge is 0.478 e. The summed E-state index contributed by atoms with van der Waals surface area (Å²) >= 11 is 0. The summed E-state index contributed by atoms with van der Waals surface area (Å²) in [6.07, 6.45) is 1.87. The molecule has 1 heterocycles. The van der Waals surface area contributed by atoms with Crippen LogP contribution < -0.4 is 5.32 Å². The maximum atomic E-state index is 11.1. The number of pyridine rings is 1. The third-order valence-corrected chi connectivity index (χ3v) is 3.21. The SMILES string of the molecule is CCCN(CC)CCNc1cc(C(=O)O)cc(CC)n1. The number of carboxylic acids is 1. The van der Waals surface area contributed by atoms with E-state index in [0.717, 1.165) is 44.7 Å². The lowest BCUT2D eigenvalue weighted by Gasteiger charge is -2.19. The molecule has 0 spiro atoms. The Morgan fingerprint density at radius 3 is 2.60 bits per heavy atom. The minimum atomic E-state index is -0.911. The van der Waals surface area contributed by atoms with Crippen molar-refractivity contribution in [3.63, 3.8) is 0 Å². The molecule has 0 aliphatic rings. The summed E-state index contributed by atoms with van der Waals surface area (Å²) < 4.78 is 0. The van der Waals surface area contributed by atoms with Crippen molar-refractivity contribution in [1.29, 1.82) is 0 Å². The standard InChI is InChI=1S/C15H25N3O2/c1-4-8-18(6-3)9-7-16-14-11-12(15(19)20)10-13(5-2)17-14/h10-11H,4-9H2,1-3H3,(H,16,17)(H,19,20). The van der Waals surface area contributed by atoms with Crippen LogP contribution in [0.2, 0.25) is 0 Å². The van der Waals surface area contributed by atoms with Gasteiger partial charge in [-0.3, -0.25) is 0 Å². The average Bonchev–Trinajstić information content (AvgIpc) is 2.45. The van der Waals surface area contributed by atoms with Gasteiger partial charge in [0, 0.05) is 18.8 Å². The normalized spacial score (nSPS) is 10.8. The number of aryl methyl sites for hydroxylation is 1. The van der Waals surface area contributed by atoms with Gasteiger partial charge in [-0.25, -0.2) is 9.78 Å². The molecule has 0 bridgehead atoms. The summed E-state index contributed by atoms with van der Waals surface area (Å²) in [5, 5.41) is 12.3. The maximum Gasteiger partial charge on any atom is 0.335 e. The Morgan fingerprint density at radius 1 is 1.30 bits per heavy atom. The molecule has 0 saturated heterocycles. The van der Waals surface area contributed by atoms with Gasteiger partial charge in [0.05, 0.1) is 5.56 Å². The highest BCUT2D eigenvalue weighted by Crippen LogP contribution is 2.11. The van der Waals surface area contributed by atoms with E-state index in [1.54, 1.807) is 12.1 Å². The van der Waals surface area contributed by atoms with Crippen LogP contribution in [0.1, 0.15) is 43.2 Å². The van der Waals surface area contributed by atoms with Crippen molar-refractivity contribution in [3.05, 3.63) is 23.4 Å². The molecule has 1 aromatic rings. The van der Waals surface area contributed by atoms with Gasteiger partial charge in [0.2, 0.25) is 0 Å². The number of nitrogens with zero attached hydrogens (tertiary/aromatic N) is 2. The van der Waals surface area contributed by atoms with Gasteiger partial charge in [0.25, 0.3) is 0 Å². The van der Waals surface area contributed by atoms with E-state index in [0.29, 0.717) is 11.4 Å². The number of likely N-dealkylation sites (N-methyl/N-ethyl adjacent to an activating group) is 1. The molecule has 0 aromatic carbocycles. The summed E-state index contributed by atoms with van der Waals surface area (Å²) in [6.45, 7) is 10.1. The van der Waals surface area contributed by atoms with Gasteiger partial charge < -0.3 is 15.3 Å². The maximum absolute atomic E-state index is 11.1. The average molecular weight is 279 g/mol. The van der Waals surface area contributed by atoms with Crippen LogP contribution in [0, 0.1) is 0 Å². The number of hydrogen-bond acceptors (Lipinski definition) is 4. The van der Waals surface area contributed by atoms with Crippen LogP contribution in [0.25, 0.3) is 0 Å². The predicted molar refractivity (Wildman–Crippen MR) is 81.5 cm³/mol. The Kier molecular flexibility index (Phi) is 7.01. The smallest absolute Gasteiger partial charge is 0.335 e. The monoisotopic (exact) mass is 279 g/mol. The molecular weight excluding hydrogens is 254 g/mol. The van der Waals surface area contributed by atoms with E-state index in [-0.39, 0.29) is 0 Å². The summed E-state index contributed by atoms with van der Waals surface area (Å²) in [5.41, 5.74) is 1.09. The molecule has 5 heteroatoms. The summed E-state index contributed by atoms with van der Waals surface area (Å²) in [5.74, 6) is -0.263. The van der Waals surface area contributed by atoms with Crippen LogP contribution >= 0.6 is 0 Å². The lowest BCUT2D eigenvalue weighted by atomic mass is 10.2. The molecule has 1 aromatic heterocycles. The molecule has 0 amide bonds. The van der Waals surface area contributed by atoms with Crippen LogP contribution in [0.4, 0.5) is 5.82 Å². The molecule has 1 rings (SSSR count). The Balaban J connectivity index is 2.62. The molecule has 5 nitrogen and oxygen atoms in total. The molecule has 0 saturated carbocycles. The van der Waals surface area contributed by atoms with Crippen LogP contribution in [-0.2, 0) is 6.42 Å². The van der Waals surface area contributed by atoms with Gasteiger partial charge in [-0.05, 0) is 38.1 Å². The molecule has 0 unspecified atom stereocenters. The van der Waals surface area contributed by atoms with Crippen molar-refractivity contribution in [2.75, 3.05) is 31.5 Å². The van der Waals surface area contributed by atoms with Gasteiger partial charge in [0.1, 0.15) is 5.82 Å². The van der Waals surface area contributed by atoms with Gasteiger partial charge >= 0.3 is 5.97 Å². The number of rotatable bonds is 9. The molecule has 0 atom stereocenters. The van der Waals surface area contributed by atoms with Crippen molar-refractivity contribution in [1.82, 2.24) is 9.88 Å². The van der Waals surface area contributed by atoms with Crippen molar-refractivity contribution in [3.8, 4) is 0 Å². The third kappa shape index (κ3) is 5.17. The second-order valence-corrected chi connectivity index (χ2v) is 4.75. The molecule has 0 aliphatic carbocycles. The molecule has 0 aliphatic heterocycles. The summed E-state index contributed by atoms with van der Waals surface area (Å²) in [4.78, 5) is 17.8. The van der Waals surface area contributed by atoms with Gasteiger partial charge in [-0.2, -0.15) is 0 Å². The highest BCUT2D eigenvalue weighted by molar-refractivity contribution is 5.88. The van der Waals surface area contributed by atoms with Crippen molar-refractivity contribution in [2.24, 2.45) is 0 Å². The van der Waals surface area contributed by atoms with Crippen LogP contribution in [0.3, 0.4) is 0 Å². The molecule has 0 fully saturated rings. The highest BCUT2D eigenvalue weighted by atomic mass is 16.4. The summed E-state index contributed by atoms with van der Waals surface area (Å²) in [6, 6.07) is 3.22. The molecule has 2 N–H and O–H groups in total. The molecule has 20 heavy (non-hydrogen) atoms. The van der Waals surface area contributed by atoms with E-state index in [4.69, 9.17) is 5.11 Å². The number of aromatic carboxylic acids is 1.